The highest BCUT2D eigenvalue weighted by atomic mass is 35.5. The van der Waals surface area contributed by atoms with E-state index in [2.05, 4.69) is 10.4 Å². The largest absolute Gasteiger partial charge is 0.346 e. The molecular formula is C19H28Cl2FN5O2. The van der Waals surface area contributed by atoms with Gasteiger partial charge in [-0.2, -0.15) is 5.10 Å². The minimum Gasteiger partial charge on any atom is -0.346 e. The molecule has 2 aromatic rings. The Bertz CT molecular complexity index is 815. The lowest BCUT2D eigenvalue weighted by molar-refractivity contribution is -0.133. The highest BCUT2D eigenvalue weighted by Gasteiger charge is 2.26. The van der Waals surface area contributed by atoms with Gasteiger partial charge >= 0.3 is 0 Å². The van der Waals surface area contributed by atoms with Crippen LogP contribution in [0.5, 0.6) is 0 Å². The Morgan fingerprint density at radius 1 is 1.28 bits per heavy atom. The molecule has 0 aliphatic rings. The lowest BCUT2D eigenvalue weighted by atomic mass is 10.00. The summed E-state index contributed by atoms with van der Waals surface area (Å²) in [6.45, 7) is 3.48. The van der Waals surface area contributed by atoms with Gasteiger partial charge in [-0.05, 0) is 23.6 Å². The molecule has 0 saturated heterocycles. The van der Waals surface area contributed by atoms with Crippen LogP contribution in [0, 0.1) is 11.7 Å². The highest BCUT2D eigenvalue weighted by Crippen LogP contribution is 2.27. The summed E-state index contributed by atoms with van der Waals surface area (Å²) >= 11 is 0. The van der Waals surface area contributed by atoms with Gasteiger partial charge in [-0.3, -0.25) is 14.3 Å². The number of hydrogen-bond donors (Lipinski definition) is 2. The zero-order chi connectivity index (χ0) is 20.1. The van der Waals surface area contributed by atoms with Crippen molar-refractivity contribution in [1.29, 1.82) is 0 Å². The van der Waals surface area contributed by atoms with Crippen LogP contribution >= 0.6 is 24.8 Å². The fourth-order valence-electron chi connectivity index (χ4n) is 2.75. The molecule has 0 aliphatic carbocycles. The number of benzene rings is 1. The first-order chi connectivity index (χ1) is 12.7. The third-order valence-corrected chi connectivity index (χ3v) is 4.42. The molecule has 1 heterocycles. The van der Waals surface area contributed by atoms with Gasteiger partial charge in [-0.15, -0.1) is 24.8 Å². The predicted molar refractivity (Wildman–Crippen MR) is 115 cm³/mol. The topological polar surface area (TPSA) is 93.2 Å². The number of nitrogens with one attached hydrogen (secondary N) is 1. The number of likely N-dealkylation sites (N-methyl/N-ethyl adjacent to an activating group) is 1. The molecule has 7 nitrogen and oxygen atoms in total. The van der Waals surface area contributed by atoms with Gasteiger partial charge in [-0.1, -0.05) is 26.0 Å². The summed E-state index contributed by atoms with van der Waals surface area (Å²) in [5, 5.41) is 6.71. The van der Waals surface area contributed by atoms with Gasteiger partial charge < -0.3 is 16.0 Å². The van der Waals surface area contributed by atoms with Crippen molar-refractivity contribution in [3.63, 3.8) is 0 Å². The quantitative estimate of drug-likeness (QED) is 0.678. The van der Waals surface area contributed by atoms with E-state index in [0.29, 0.717) is 5.56 Å². The molecule has 0 saturated carbocycles. The molecule has 10 heteroatoms. The van der Waals surface area contributed by atoms with E-state index in [-0.39, 0.29) is 49.1 Å². The van der Waals surface area contributed by atoms with Crippen LogP contribution in [0.25, 0.3) is 0 Å². The van der Waals surface area contributed by atoms with Crippen LogP contribution < -0.4 is 11.1 Å². The van der Waals surface area contributed by atoms with Crippen LogP contribution in [0.2, 0.25) is 0 Å². The van der Waals surface area contributed by atoms with Crippen molar-refractivity contribution in [2.24, 2.45) is 18.7 Å². The molecule has 0 radical (unpaired) electrons. The SMILES string of the molecule is CC(C)[C@H](N)C(=O)NCC(=O)N(C)C(c1cccc(F)c1)c1cnn(C)c1.Cl.Cl. The average molecular weight is 448 g/mol. The zero-order valence-electron chi connectivity index (χ0n) is 16.8. The Kier molecular flexibility index (Phi) is 10.9. The second kappa shape index (κ2) is 11.7. The van der Waals surface area contributed by atoms with Gasteiger partial charge in [0.25, 0.3) is 0 Å². The second-order valence-corrected chi connectivity index (χ2v) is 6.90. The van der Waals surface area contributed by atoms with Crippen molar-refractivity contribution in [3.05, 3.63) is 53.6 Å². The molecule has 0 bridgehead atoms. The van der Waals surface area contributed by atoms with Crippen LogP contribution in [-0.4, -0.2) is 46.1 Å². The number of amides is 2. The summed E-state index contributed by atoms with van der Waals surface area (Å²) < 4.78 is 15.4. The predicted octanol–water partition coefficient (Wildman–Crippen LogP) is 2.05. The molecule has 2 rings (SSSR count). The van der Waals surface area contributed by atoms with Crippen molar-refractivity contribution in [2.75, 3.05) is 13.6 Å². The Hall–Kier alpha value is -2.16. The monoisotopic (exact) mass is 447 g/mol. The summed E-state index contributed by atoms with van der Waals surface area (Å²) in [7, 11) is 3.38. The van der Waals surface area contributed by atoms with Crippen molar-refractivity contribution in [3.8, 4) is 0 Å². The number of aryl methyl sites for hydroxylation is 1. The van der Waals surface area contributed by atoms with Crippen LogP contribution in [0.4, 0.5) is 4.39 Å². The number of halogens is 3. The average Bonchev–Trinajstić information content (AvgIpc) is 3.04. The van der Waals surface area contributed by atoms with E-state index in [1.54, 1.807) is 43.3 Å². The lowest BCUT2D eigenvalue weighted by Crippen LogP contribution is -2.47. The normalized spacial score (nSPS) is 12.4. The molecule has 2 amide bonds. The summed E-state index contributed by atoms with van der Waals surface area (Å²) in [5.41, 5.74) is 7.15. The van der Waals surface area contributed by atoms with E-state index in [4.69, 9.17) is 5.73 Å². The summed E-state index contributed by atoms with van der Waals surface area (Å²) in [6, 6.07) is 4.86. The number of nitrogens with two attached hydrogens (primary N) is 1. The van der Waals surface area contributed by atoms with Gasteiger partial charge in [-0.25, -0.2) is 4.39 Å². The highest BCUT2D eigenvalue weighted by molar-refractivity contribution is 5.87. The smallest absolute Gasteiger partial charge is 0.242 e. The molecule has 2 atom stereocenters. The van der Waals surface area contributed by atoms with Crippen molar-refractivity contribution in [1.82, 2.24) is 20.0 Å². The van der Waals surface area contributed by atoms with Crippen LogP contribution in [0.1, 0.15) is 31.0 Å². The van der Waals surface area contributed by atoms with Crippen molar-refractivity contribution in [2.45, 2.75) is 25.9 Å². The van der Waals surface area contributed by atoms with Crippen LogP contribution in [0.3, 0.4) is 0 Å². The second-order valence-electron chi connectivity index (χ2n) is 6.90. The number of rotatable bonds is 7. The third-order valence-electron chi connectivity index (χ3n) is 4.42. The molecule has 0 aliphatic heterocycles. The maximum Gasteiger partial charge on any atom is 0.242 e. The third kappa shape index (κ3) is 6.99. The number of aromatic nitrogens is 2. The van der Waals surface area contributed by atoms with E-state index in [1.807, 2.05) is 13.8 Å². The molecule has 0 fully saturated rings. The first kappa shape index (κ1) is 26.8. The van der Waals surface area contributed by atoms with Gasteiger partial charge in [0.15, 0.2) is 0 Å². The van der Waals surface area contributed by atoms with Crippen LogP contribution in [0.15, 0.2) is 36.7 Å². The van der Waals surface area contributed by atoms with Crippen molar-refractivity contribution < 1.29 is 14.0 Å². The maximum absolute atomic E-state index is 13.7. The van der Waals surface area contributed by atoms with Crippen LogP contribution in [-0.2, 0) is 16.6 Å². The minimum atomic E-state index is -0.680. The fraction of sp³-hybridized carbons (Fsp3) is 0.421. The maximum atomic E-state index is 13.7. The molecule has 1 aromatic carbocycles. The van der Waals surface area contributed by atoms with Crippen molar-refractivity contribution >= 4 is 36.6 Å². The number of nitrogens with zero attached hydrogens (tertiary/aromatic N) is 3. The summed E-state index contributed by atoms with van der Waals surface area (Å²) in [6.07, 6.45) is 3.40. The Balaban J connectivity index is 0.00000392. The van der Waals surface area contributed by atoms with E-state index in [0.717, 1.165) is 5.56 Å². The number of hydrogen-bond acceptors (Lipinski definition) is 4. The first-order valence-corrected chi connectivity index (χ1v) is 8.73. The molecule has 3 N–H and O–H groups in total. The van der Waals surface area contributed by atoms with E-state index in [9.17, 15) is 14.0 Å². The fourth-order valence-corrected chi connectivity index (χ4v) is 2.75. The standard InChI is InChI=1S/C19H26FN5O2.2ClH/c1-12(2)17(21)19(27)22-10-16(26)25(4)18(14-9-23-24(3)11-14)13-6-5-7-15(20)8-13;;/h5-9,11-12,17-18H,10,21H2,1-4H3,(H,22,27);2*1H/t17-,18?;;/m0../s1. The zero-order valence-corrected chi connectivity index (χ0v) is 18.5. The summed E-state index contributed by atoms with van der Waals surface area (Å²) in [4.78, 5) is 26.1. The lowest BCUT2D eigenvalue weighted by Gasteiger charge is -2.28. The van der Waals surface area contributed by atoms with Gasteiger partial charge in [0.05, 0.1) is 24.8 Å². The van der Waals surface area contributed by atoms with E-state index < -0.39 is 17.9 Å². The Labute approximate surface area is 182 Å². The molecule has 1 aromatic heterocycles. The minimum absolute atomic E-state index is 0. The van der Waals surface area contributed by atoms with E-state index in [1.165, 1.54) is 17.0 Å². The molecule has 162 valence electrons. The van der Waals surface area contributed by atoms with Gasteiger partial charge in [0.1, 0.15) is 5.82 Å². The molecule has 1 unspecified atom stereocenters. The molecule has 29 heavy (non-hydrogen) atoms. The number of carbonyl (C=O) groups is 2. The van der Waals surface area contributed by atoms with E-state index >= 15 is 0 Å². The van der Waals surface area contributed by atoms with Gasteiger partial charge in [0, 0.05) is 25.9 Å². The summed E-state index contributed by atoms with van der Waals surface area (Å²) in [5.74, 6) is -1.13. The molecular weight excluding hydrogens is 420 g/mol. The Morgan fingerprint density at radius 2 is 1.93 bits per heavy atom. The first-order valence-electron chi connectivity index (χ1n) is 8.73. The number of carbonyl (C=O) groups excluding carboxylic acids is 2. The van der Waals surface area contributed by atoms with Gasteiger partial charge in [0.2, 0.25) is 11.8 Å². The Morgan fingerprint density at radius 3 is 2.45 bits per heavy atom. The molecule has 0 spiro atoms.